The van der Waals surface area contributed by atoms with E-state index in [-0.39, 0.29) is 5.75 Å². The van der Waals surface area contributed by atoms with Crippen LogP contribution < -0.4 is 10.1 Å². The van der Waals surface area contributed by atoms with Crippen molar-refractivity contribution in [2.75, 3.05) is 13.7 Å². The van der Waals surface area contributed by atoms with Gasteiger partial charge in [0.05, 0.1) is 11.6 Å². The topological polar surface area (TPSA) is 41.5 Å². The van der Waals surface area contributed by atoms with Crippen molar-refractivity contribution in [3.8, 4) is 11.5 Å². The number of aromatic hydroxyl groups is 1. The normalized spacial score (nSPS) is 11.1. The molecular weight excluding hydrogens is 330 g/mol. The molecule has 1 aromatic carbocycles. The maximum absolute atomic E-state index is 9.76. The predicted molar refractivity (Wildman–Crippen MR) is 92.0 cm³/mol. The zero-order valence-electron chi connectivity index (χ0n) is 13.4. The van der Waals surface area contributed by atoms with Crippen LogP contribution in [0.15, 0.2) is 16.6 Å². The summed E-state index contributed by atoms with van der Waals surface area (Å²) in [5, 5.41) is 13.2. The van der Waals surface area contributed by atoms with Crippen LogP contribution in [-0.4, -0.2) is 18.8 Å². The van der Waals surface area contributed by atoms with Gasteiger partial charge >= 0.3 is 0 Å². The number of unbranched alkanes of at least 4 members (excludes halogenated alkanes) is 3. The quantitative estimate of drug-likeness (QED) is 0.587. The van der Waals surface area contributed by atoms with E-state index < -0.39 is 0 Å². The summed E-state index contributed by atoms with van der Waals surface area (Å²) in [6.07, 6.45) is 6.53. The van der Waals surface area contributed by atoms with Crippen LogP contribution in [-0.2, 0) is 6.54 Å². The van der Waals surface area contributed by atoms with E-state index in [9.17, 15) is 5.11 Å². The number of nitrogens with one attached hydrogen (secondary N) is 1. The number of hydrogen-bond acceptors (Lipinski definition) is 3. The first-order valence-electron chi connectivity index (χ1n) is 7.80. The zero-order valence-corrected chi connectivity index (χ0v) is 15.0. The highest BCUT2D eigenvalue weighted by Gasteiger charge is 2.08. The molecule has 0 atom stereocenters. The molecule has 0 saturated carbocycles. The van der Waals surface area contributed by atoms with E-state index in [1.807, 2.05) is 12.1 Å². The molecule has 0 spiro atoms. The molecule has 3 nitrogen and oxygen atoms in total. The fourth-order valence-electron chi connectivity index (χ4n) is 2.27. The monoisotopic (exact) mass is 357 g/mol. The lowest BCUT2D eigenvalue weighted by molar-refractivity contribution is 0.371. The van der Waals surface area contributed by atoms with E-state index in [1.54, 1.807) is 7.11 Å². The molecule has 0 bridgehead atoms. The Morgan fingerprint density at radius 2 is 1.90 bits per heavy atom. The summed E-state index contributed by atoms with van der Waals surface area (Å²) in [4.78, 5) is 0. The molecule has 0 amide bonds. The third-order valence-electron chi connectivity index (χ3n) is 3.52. The third kappa shape index (κ3) is 7.18. The van der Waals surface area contributed by atoms with Gasteiger partial charge in [-0.1, -0.05) is 39.5 Å². The van der Waals surface area contributed by atoms with Gasteiger partial charge in [-0.3, -0.25) is 0 Å². The molecule has 0 saturated heterocycles. The second kappa shape index (κ2) is 10.1. The number of methoxy groups -OCH3 is 1. The molecule has 21 heavy (non-hydrogen) atoms. The standard InChI is InChI=1S/C17H28BrNO2/c1-13(2)8-6-4-5-7-9-19-12-14-10-15(18)17(20)16(11-14)21-3/h10-11,13,19-20H,4-9,12H2,1-3H3. The maximum Gasteiger partial charge on any atom is 0.172 e. The highest BCUT2D eigenvalue weighted by molar-refractivity contribution is 9.10. The van der Waals surface area contributed by atoms with Crippen molar-refractivity contribution in [3.63, 3.8) is 0 Å². The van der Waals surface area contributed by atoms with Crippen LogP contribution in [0, 0.1) is 5.92 Å². The molecule has 0 aliphatic carbocycles. The first-order chi connectivity index (χ1) is 10.0. The van der Waals surface area contributed by atoms with E-state index in [0.29, 0.717) is 10.2 Å². The highest BCUT2D eigenvalue weighted by atomic mass is 79.9. The van der Waals surface area contributed by atoms with Crippen molar-refractivity contribution in [2.45, 2.75) is 52.5 Å². The van der Waals surface area contributed by atoms with Gasteiger partial charge in [-0.15, -0.1) is 0 Å². The van der Waals surface area contributed by atoms with Crippen LogP contribution in [0.3, 0.4) is 0 Å². The minimum Gasteiger partial charge on any atom is -0.503 e. The van der Waals surface area contributed by atoms with Gasteiger partial charge in [-0.25, -0.2) is 0 Å². The lowest BCUT2D eigenvalue weighted by Gasteiger charge is -2.10. The minimum absolute atomic E-state index is 0.159. The summed E-state index contributed by atoms with van der Waals surface area (Å²) < 4.78 is 5.82. The molecule has 0 fully saturated rings. The van der Waals surface area contributed by atoms with E-state index in [0.717, 1.165) is 24.6 Å². The van der Waals surface area contributed by atoms with Gasteiger partial charge in [0, 0.05) is 6.54 Å². The minimum atomic E-state index is 0.159. The molecule has 0 aliphatic rings. The molecule has 0 aromatic heterocycles. The van der Waals surface area contributed by atoms with Crippen LogP contribution in [0.5, 0.6) is 11.5 Å². The number of ether oxygens (including phenoxy) is 1. The zero-order chi connectivity index (χ0) is 15.7. The van der Waals surface area contributed by atoms with Crippen LogP contribution in [0.2, 0.25) is 0 Å². The number of halogens is 1. The summed E-state index contributed by atoms with van der Waals surface area (Å²) in [7, 11) is 1.57. The Hall–Kier alpha value is -0.740. The summed E-state index contributed by atoms with van der Waals surface area (Å²) >= 11 is 3.34. The van der Waals surface area contributed by atoms with Crippen molar-refractivity contribution in [1.29, 1.82) is 0 Å². The molecule has 0 unspecified atom stereocenters. The van der Waals surface area contributed by atoms with Crippen LogP contribution >= 0.6 is 15.9 Å². The van der Waals surface area contributed by atoms with Crippen molar-refractivity contribution in [3.05, 3.63) is 22.2 Å². The first-order valence-corrected chi connectivity index (χ1v) is 8.60. The lowest BCUT2D eigenvalue weighted by Crippen LogP contribution is -2.14. The lowest BCUT2D eigenvalue weighted by atomic mass is 10.0. The Bertz CT molecular complexity index is 421. The molecular formula is C17H28BrNO2. The van der Waals surface area contributed by atoms with Gasteiger partial charge in [-0.2, -0.15) is 0 Å². The summed E-state index contributed by atoms with van der Waals surface area (Å²) in [6.45, 7) is 6.39. The second-order valence-electron chi connectivity index (χ2n) is 5.90. The summed E-state index contributed by atoms with van der Waals surface area (Å²) in [5.74, 6) is 1.49. The van der Waals surface area contributed by atoms with Gasteiger partial charge in [0.1, 0.15) is 0 Å². The Morgan fingerprint density at radius 1 is 1.19 bits per heavy atom. The number of phenols is 1. The molecule has 0 radical (unpaired) electrons. The van der Waals surface area contributed by atoms with E-state index in [4.69, 9.17) is 4.74 Å². The average Bonchev–Trinajstić information content (AvgIpc) is 2.44. The number of hydrogen-bond donors (Lipinski definition) is 2. The van der Waals surface area contributed by atoms with Gasteiger partial charge in [0.2, 0.25) is 0 Å². The second-order valence-corrected chi connectivity index (χ2v) is 6.76. The van der Waals surface area contributed by atoms with E-state index in [1.165, 1.54) is 32.1 Å². The smallest absolute Gasteiger partial charge is 0.172 e. The summed E-state index contributed by atoms with van der Waals surface area (Å²) in [6, 6.07) is 3.79. The Balaban J connectivity index is 2.20. The van der Waals surface area contributed by atoms with Crippen LogP contribution in [0.25, 0.3) is 0 Å². The average molecular weight is 358 g/mol. The van der Waals surface area contributed by atoms with Gasteiger partial charge < -0.3 is 15.2 Å². The van der Waals surface area contributed by atoms with Crippen molar-refractivity contribution in [2.24, 2.45) is 5.92 Å². The van der Waals surface area contributed by atoms with Crippen molar-refractivity contribution in [1.82, 2.24) is 5.32 Å². The largest absolute Gasteiger partial charge is 0.503 e. The number of benzene rings is 1. The SMILES string of the molecule is COc1cc(CNCCCCCCC(C)C)cc(Br)c1O. The van der Waals surface area contributed by atoms with Crippen molar-refractivity contribution >= 4 is 15.9 Å². The molecule has 0 aliphatic heterocycles. The molecule has 1 aromatic rings. The first kappa shape index (κ1) is 18.3. The highest BCUT2D eigenvalue weighted by Crippen LogP contribution is 2.35. The molecule has 4 heteroatoms. The molecule has 1 rings (SSSR count). The van der Waals surface area contributed by atoms with E-state index in [2.05, 4.69) is 35.1 Å². The predicted octanol–water partition coefficient (Wildman–Crippen LogP) is 4.86. The Kier molecular flexibility index (Phi) is 8.77. The van der Waals surface area contributed by atoms with Crippen molar-refractivity contribution < 1.29 is 9.84 Å². The van der Waals surface area contributed by atoms with Crippen LogP contribution in [0.4, 0.5) is 0 Å². The molecule has 2 N–H and O–H groups in total. The molecule has 120 valence electrons. The van der Waals surface area contributed by atoms with Crippen LogP contribution in [0.1, 0.15) is 51.5 Å². The fourth-order valence-corrected chi connectivity index (χ4v) is 2.76. The summed E-state index contributed by atoms with van der Waals surface area (Å²) in [5.41, 5.74) is 1.11. The fraction of sp³-hybridized carbons (Fsp3) is 0.647. The molecule has 0 heterocycles. The van der Waals surface area contributed by atoms with Gasteiger partial charge in [0.25, 0.3) is 0 Å². The van der Waals surface area contributed by atoms with Gasteiger partial charge in [0.15, 0.2) is 11.5 Å². The Morgan fingerprint density at radius 3 is 2.57 bits per heavy atom. The number of phenolic OH excluding ortho intramolecular Hbond substituents is 1. The number of rotatable bonds is 10. The third-order valence-corrected chi connectivity index (χ3v) is 4.13. The maximum atomic E-state index is 9.76. The Labute approximate surface area is 137 Å². The van der Waals surface area contributed by atoms with E-state index >= 15 is 0 Å². The van der Waals surface area contributed by atoms with Gasteiger partial charge in [-0.05, 0) is 52.5 Å².